The number of rotatable bonds is 4. The van der Waals surface area contributed by atoms with Crippen LogP contribution in [0.3, 0.4) is 0 Å². The van der Waals surface area contributed by atoms with Gasteiger partial charge in [0, 0.05) is 16.6 Å². The van der Waals surface area contributed by atoms with E-state index in [4.69, 9.17) is 16.0 Å². The average Bonchev–Trinajstić information content (AvgIpc) is 3.12. The second-order valence-corrected chi connectivity index (χ2v) is 7.44. The van der Waals surface area contributed by atoms with E-state index in [2.05, 4.69) is 15.2 Å². The van der Waals surface area contributed by atoms with Crippen molar-refractivity contribution in [1.82, 2.24) is 9.88 Å². The van der Waals surface area contributed by atoms with E-state index in [1.54, 1.807) is 12.1 Å². The zero-order valence-corrected chi connectivity index (χ0v) is 15.9. The number of aromatic nitrogens is 1. The van der Waals surface area contributed by atoms with Gasteiger partial charge in [-0.2, -0.15) is 0 Å². The SMILES string of the molecule is CC(C(=O)Nc1cccc(Cl)c1)N1CCC(c2nc3ccccc3o2)CC1. The van der Waals surface area contributed by atoms with Crippen molar-refractivity contribution in [1.29, 1.82) is 0 Å². The fourth-order valence-corrected chi connectivity index (χ4v) is 3.77. The highest BCUT2D eigenvalue weighted by molar-refractivity contribution is 6.30. The van der Waals surface area contributed by atoms with Crippen molar-refractivity contribution in [3.05, 3.63) is 59.4 Å². The molecule has 2 aromatic carbocycles. The van der Waals surface area contributed by atoms with Crippen LogP contribution in [0.4, 0.5) is 5.69 Å². The third kappa shape index (κ3) is 3.99. The molecule has 27 heavy (non-hydrogen) atoms. The number of hydrogen-bond donors (Lipinski definition) is 1. The number of benzene rings is 2. The first-order valence-electron chi connectivity index (χ1n) is 9.26. The van der Waals surface area contributed by atoms with E-state index in [0.29, 0.717) is 10.9 Å². The minimum absolute atomic E-state index is 0.0161. The number of nitrogens with zero attached hydrogens (tertiary/aromatic N) is 2. The quantitative estimate of drug-likeness (QED) is 0.710. The smallest absolute Gasteiger partial charge is 0.241 e. The molecule has 140 valence electrons. The second-order valence-electron chi connectivity index (χ2n) is 7.01. The maximum Gasteiger partial charge on any atom is 0.241 e. The van der Waals surface area contributed by atoms with E-state index in [-0.39, 0.29) is 11.9 Å². The van der Waals surface area contributed by atoms with Crippen LogP contribution in [0.1, 0.15) is 31.6 Å². The summed E-state index contributed by atoms with van der Waals surface area (Å²) in [6.07, 6.45) is 1.86. The molecule has 0 saturated carbocycles. The number of para-hydroxylation sites is 2. The Bertz CT molecular complexity index is 914. The molecular formula is C21H22ClN3O2. The van der Waals surface area contributed by atoms with E-state index >= 15 is 0 Å². The Balaban J connectivity index is 1.36. The molecule has 1 aromatic heterocycles. The van der Waals surface area contributed by atoms with Crippen LogP contribution < -0.4 is 5.32 Å². The molecule has 0 aliphatic carbocycles. The van der Waals surface area contributed by atoms with Crippen molar-refractivity contribution >= 4 is 34.3 Å². The molecule has 0 radical (unpaired) electrons. The molecule has 4 rings (SSSR count). The zero-order valence-electron chi connectivity index (χ0n) is 15.2. The lowest BCUT2D eigenvalue weighted by Gasteiger charge is -2.34. The van der Waals surface area contributed by atoms with E-state index in [1.165, 1.54) is 0 Å². The van der Waals surface area contributed by atoms with Crippen molar-refractivity contribution in [2.24, 2.45) is 0 Å². The van der Waals surface area contributed by atoms with Crippen molar-refractivity contribution in [3.8, 4) is 0 Å². The first-order valence-corrected chi connectivity index (χ1v) is 9.64. The van der Waals surface area contributed by atoms with Crippen LogP contribution in [-0.4, -0.2) is 34.9 Å². The lowest BCUT2D eigenvalue weighted by molar-refractivity contribution is -0.121. The van der Waals surface area contributed by atoms with Gasteiger partial charge < -0.3 is 9.73 Å². The topological polar surface area (TPSA) is 58.4 Å². The third-order valence-electron chi connectivity index (χ3n) is 5.21. The Morgan fingerprint density at radius 3 is 2.74 bits per heavy atom. The van der Waals surface area contributed by atoms with Gasteiger partial charge in [0.2, 0.25) is 5.91 Å². The number of oxazole rings is 1. The van der Waals surface area contributed by atoms with Crippen LogP contribution in [0, 0.1) is 0 Å². The minimum atomic E-state index is -0.200. The molecule has 6 heteroatoms. The summed E-state index contributed by atoms with van der Waals surface area (Å²) < 4.78 is 5.92. The lowest BCUT2D eigenvalue weighted by Crippen LogP contribution is -2.45. The van der Waals surface area contributed by atoms with Gasteiger partial charge >= 0.3 is 0 Å². The summed E-state index contributed by atoms with van der Waals surface area (Å²) in [7, 11) is 0. The van der Waals surface area contributed by atoms with Crippen LogP contribution in [0.5, 0.6) is 0 Å². The number of carbonyl (C=O) groups is 1. The molecule has 1 atom stereocenters. The van der Waals surface area contributed by atoms with Crippen molar-refractivity contribution in [2.75, 3.05) is 18.4 Å². The number of fused-ring (bicyclic) bond motifs is 1. The fraction of sp³-hybridized carbons (Fsp3) is 0.333. The molecule has 5 nitrogen and oxygen atoms in total. The summed E-state index contributed by atoms with van der Waals surface area (Å²) in [5.74, 6) is 1.10. The van der Waals surface area contributed by atoms with Crippen LogP contribution in [0.15, 0.2) is 52.9 Å². The molecular weight excluding hydrogens is 362 g/mol. The zero-order chi connectivity index (χ0) is 18.8. The molecule has 0 spiro atoms. The van der Waals surface area contributed by atoms with Gasteiger partial charge in [-0.05, 0) is 63.2 Å². The summed E-state index contributed by atoms with van der Waals surface area (Å²) >= 11 is 5.98. The first kappa shape index (κ1) is 18.0. The Hall–Kier alpha value is -2.37. The van der Waals surface area contributed by atoms with Gasteiger partial charge in [-0.1, -0.05) is 29.8 Å². The van der Waals surface area contributed by atoms with Crippen molar-refractivity contribution < 1.29 is 9.21 Å². The van der Waals surface area contributed by atoms with Crippen LogP contribution in [0.25, 0.3) is 11.1 Å². The fourth-order valence-electron chi connectivity index (χ4n) is 3.58. The lowest BCUT2D eigenvalue weighted by atomic mass is 9.95. The molecule has 0 bridgehead atoms. The summed E-state index contributed by atoms with van der Waals surface area (Å²) in [6, 6.07) is 14.9. The molecule has 1 aliphatic heterocycles. The van der Waals surface area contributed by atoms with Gasteiger partial charge in [0.1, 0.15) is 5.52 Å². The van der Waals surface area contributed by atoms with Crippen molar-refractivity contribution in [3.63, 3.8) is 0 Å². The molecule has 3 aromatic rings. The monoisotopic (exact) mass is 383 g/mol. The maximum atomic E-state index is 12.6. The number of amides is 1. The summed E-state index contributed by atoms with van der Waals surface area (Å²) in [6.45, 7) is 3.63. The number of nitrogens with one attached hydrogen (secondary N) is 1. The molecule has 1 amide bonds. The molecule has 1 N–H and O–H groups in total. The highest BCUT2D eigenvalue weighted by Gasteiger charge is 2.29. The number of piperidine rings is 1. The molecule has 1 fully saturated rings. The van der Waals surface area contributed by atoms with Crippen LogP contribution >= 0.6 is 11.6 Å². The number of hydrogen-bond acceptors (Lipinski definition) is 4. The maximum absolute atomic E-state index is 12.6. The Morgan fingerprint density at radius 1 is 1.22 bits per heavy atom. The van der Waals surface area contributed by atoms with Gasteiger partial charge in [-0.15, -0.1) is 0 Å². The number of anilines is 1. The van der Waals surface area contributed by atoms with Gasteiger partial charge in [0.15, 0.2) is 11.5 Å². The van der Waals surface area contributed by atoms with Crippen LogP contribution in [-0.2, 0) is 4.79 Å². The number of carbonyl (C=O) groups excluding carboxylic acids is 1. The highest BCUT2D eigenvalue weighted by Crippen LogP contribution is 2.30. The van der Waals surface area contributed by atoms with Crippen molar-refractivity contribution in [2.45, 2.75) is 31.7 Å². The standard InChI is InChI=1S/C21H22ClN3O2/c1-14(20(26)23-17-6-4-5-16(22)13-17)25-11-9-15(10-12-25)21-24-18-7-2-3-8-19(18)27-21/h2-8,13-15H,9-12H2,1H3,(H,23,26). The summed E-state index contributed by atoms with van der Waals surface area (Å²) in [4.78, 5) is 19.4. The summed E-state index contributed by atoms with van der Waals surface area (Å²) in [5.41, 5.74) is 2.47. The van der Waals surface area contributed by atoms with Gasteiger partial charge in [-0.25, -0.2) is 4.98 Å². The highest BCUT2D eigenvalue weighted by atomic mass is 35.5. The average molecular weight is 384 g/mol. The predicted octanol–water partition coefficient (Wildman–Crippen LogP) is 4.69. The molecule has 1 unspecified atom stereocenters. The van der Waals surface area contributed by atoms with Gasteiger partial charge in [0.05, 0.1) is 6.04 Å². The minimum Gasteiger partial charge on any atom is -0.440 e. The number of halogens is 1. The Morgan fingerprint density at radius 2 is 2.00 bits per heavy atom. The second kappa shape index (κ2) is 7.71. The molecule has 2 heterocycles. The van der Waals surface area contributed by atoms with E-state index in [9.17, 15) is 4.79 Å². The Labute approximate surface area is 163 Å². The van der Waals surface area contributed by atoms with E-state index < -0.39 is 0 Å². The third-order valence-corrected chi connectivity index (χ3v) is 5.44. The van der Waals surface area contributed by atoms with E-state index in [0.717, 1.165) is 48.6 Å². The molecule has 1 saturated heterocycles. The summed E-state index contributed by atoms with van der Waals surface area (Å²) in [5, 5.41) is 3.56. The van der Waals surface area contributed by atoms with Crippen LogP contribution in [0.2, 0.25) is 5.02 Å². The predicted molar refractivity (Wildman–Crippen MR) is 107 cm³/mol. The van der Waals surface area contributed by atoms with E-state index in [1.807, 2.05) is 43.3 Å². The van der Waals surface area contributed by atoms with Gasteiger partial charge in [0.25, 0.3) is 0 Å². The normalized spacial score (nSPS) is 17.1. The van der Waals surface area contributed by atoms with Gasteiger partial charge in [-0.3, -0.25) is 9.69 Å². The first-order chi connectivity index (χ1) is 13.1. The largest absolute Gasteiger partial charge is 0.440 e. The number of likely N-dealkylation sites (tertiary alicyclic amines) is 1. The Kier molecular flexibility index (Phi) is 5.14. The molecule has 1 aliphatic rings.